The van der Waals surface area contributed by atoms with E-state index in [1.54, 1.807) is 0 Å². The van der Waals surface area contributed by atoms with Gasteiger partial charge < -0.3 is 11.7 Å². The minimum absolute atomic E-state index is 0.333. The standard InChI is InChI=1S/C7H16N/c1-4-5-7(8)6(2)3/h7H,4-5,8H2,1-3H3/q-1. The first-order chi connectivity index (χ1) is 3.68. The van der Waals surface area contributed by atoms with E-state index in [1.807, 2.05) is 0 Å². The van der Waals surface area contributed by atoms with E-state index in [0.29, 0.717) is 6.04 Å². The molecule has 1 unspecified atom stereocenters. The molecule has 1 nitrogen and oxygen atoms in total. The largest absolute Gasteiger partial charge is 0.357 e. The molecule has 0 aliphatic heterocycles. The minimum Gasteiger partial charge on any atom is -0.357 e. The molecule has 8 heavy (non-hydrogen) atoms. The van der Waals surface area contributed by atoms with Gasteiger partial charge in [0.2, 0.25) is 0 Å². The molecule has 0 radical (unpaired) electrons. The molecule has 2 N–H and O–H groups in total. The summed E-state index contributed by atoms with van der Waals surface area (Å²) in [5.74, 6) is 1.34. The normalized spacial score (nSPS) is 14.6. The molecule has 0 saturated carbocycles. The Morgan fingerprint density at radius 2 is 2.00 bits per heavy atom. The zero-order chi connectivity index (χ0) is 6.57. The van der Waals surface area contributed by atoms with Crippen molar-refractivity contribution in [1.82, 2.24) is 0 Å². The highest BCUT2D eigenvalue weighted by Gasteiger charge is 1.91. The molecular weight excluding hydrogens is 98.1 g/mol. The zero-order valence-electron chi connectivity index (χ0n) is 6.07. The van der Waals surface area contributed by atoms with E-state index in [2.05, 4.69) is 20.8 Å². The summed E-state index contributed by atoms with van der Waals surface area (Å²) >= 11 is 0. The fraction of sp³-hybridized carbons (Fsp3) is 0.857. The highest BCUT2D eigenvalue weighted by Crippen LogP contribution is 2.05. The molecule has 1 atom stereocenters. The summed E-state index contributed by atoms with van der Waals surface area (Å²) in [6, 6.07) is 0.333. The predicted molar refractivity (Wildman–Crippen MR) is 37.5 cm³/mol. The predicted octanol–water partition coefficient (Wildman–Crippen LogP) is 1.73. The Kier molecular flexibility index (Phi) is 3.88. The van der Waals surface area contributed by atoms with Crippen LogP contribution in [0.25, 0.3) is 0 Å². The SMILES string of the molecule is CCCC(N)[C-](C)C. The third kappa shape index (κ3) is 3.03. The Morgan fingerprint density at radius 1 is 1.50 bits per heavy atom. The molecule has 0 aliphatic rings. The van der Waals surface area contributed by atoms with Gasteiger partial charge in [0.1, 0.15) is 0 Å². The molecule has 0 heterocycles. The molecule has 0 saturated heterocycles. The Hall–Kier alpha value is -0.0400. The summed E-state index contributed by atoms with van der Waals surface area (Å²) in [6.45, 7) is 6.32. The first kappa shape index (κ1) is 7.96. The van der Waals surface area contributed by atoms with Gasteiger partial charge in [0.25, 0.3) is 0 Å². The fourth-order valence-corrected chi connectivity index (χ4v) is 0.600. The smallest absolute Gasteiger partial charge is 0.0572 e. The Balaban J connectivity index is 3.17. The molecule has 0 aliphatic carbocycles. The molecule has 1 heteroatoms. The second-order valence-electron chi connectivity index (χ2n) is 2.47. The molecule has 0 bridgehead atoms. The Labute approximate surface area is 52.3 Å². The van der Waals surface area contributed by atoms with E-state index < -0.39 is 0 Å². The van der Waals surface area contributed by atoms with Crippen LogP contribution in [0.15, 0.2) is 0 Å². The monoisotopic (exact) mass is 114 g/mol. The van der Waals surface area contributed by atoms with Crippen molar-refractivity contribution in [2.45, 2.75) is 39.7 Å². The van der Waals surface area contributed by atoms with E-state index in [4.69, 9.17) is 5.73 Å². The Bertz CT molecular complexity index is 50.3. The number of hydrogen-bond acceptors (Lipinski definition) is 1. The molecular formula is C7H16N-. The van der Waals surface area contributed by atoms with Crippen LogP contribution in [0.3, 0.4) is 0 Å². The Morgan fingerprint density at radius 3 is 2.12 bits per heavy atom. The maximum Gasteiger partial charge on any atom is -0.0572 e. The third-order valence-corrected chi connectivity index (χ3v) is 1.34. The fourth-order valence-electron chi connectivity index (χ4n) is 0.600. The van der Waals surface area contributed by atoms with Gasteiger partial charge in [-0.2, -0.15) is 13.8 Å². The zero-order valence-corrected chi connectivity index (χ0v) is 6.07. The van der Waals surface area contributed by atoms with Crippen LogP contribution in [0.1, 0.15) is 33.6 Å². The van der Waals surface area contributed by atoms with Gasteiger partial charge >= 0.3 is 0 Å². The van der Waals surface area contributed by atoms with Crippen molar-refractivity contribution in [2.24, 2.45) is 5.73 Å². The third-order valence-electron chi connectivity index (χ3n) is 1.34. The average molecular weight is 114 g/mol. The van der Waals surface area contributed by atoms with E-state index in [0.717, 1.165) is 6.42 Å². The number of hydrogen-bond donors (Lipinski definition) is 1. The maximum absolute atomic E-state index is 5.69. The molecule has 0 spiro atoms. The van der Waals surface area contributed by atoms with Gasteiger partial charge in [0.05, 0.1) is 0 Å². The van der Waals surface area contributed by atoms with Gasteiger partial charge in [-0.15, -0.1) is 6.04 Å². The van der Waals surface area contributed by atoms with Crippen molar-refractivity contribution in [3.05, 3.63) is 5.92 Å². The summed E-state index contributed by atoms with van der Waals surface area (Å²) in [7, 11) is 0. The molecule has 50 valence electrons. The summed E-state index contributed by atoms with van der Waals surface area (Å²) in [6.07, 6.45) is 2.31. The summed E-state index contributed by atoms with van der Waals surface area (Å²) in [5, 5.41) is 0. The lowest BCUT2D eigenvalue weighted by Gasteiger charge is -2.26. The summed E-state index contributed by atoms with van der Waals surface area (Å²) < 4.78 is 0. The molecule has 0 fully saturated rings. The molecule has 0 aromatic carbocycles. The van der Waals surface area contributed by atoms with Gasteiger partial charge in [0.15, 0.2) is 0 Å². The van der Waals surface area contributed by atoms with Crippen LogP contribution >= 0.6 is 0 Å². The lowest BCUT2D eigenvalue weighted by Crippen LogP contribution is -2.24. The van der Waals surface area contributed by atoms with Gasteiger partial charge in [-0.05, 0) is 0 Å². The lowest BCUT2D eigenvalue weighted by atomic mass is 10.0. The van der Waals surface area contributed by atoms with Crippen LogP contribution in [0, 0.1) is 5.92 Å². The van der Waals surface area contributed by atoms with Crippen molar-refractivity contribution in [1.29, 1.82) is 0 Å². The first-order valence-electron chi connectivity index (χ1n) is 3.24. The van der Waals surface area contributed by atoms with Crippen molar-refractivity contribution in [3.8, 4) is 0 Å². The van der Waals surface area contributed by atoms with Crippen LogP contribution in [-0.4, -0.2) is 6.04 Å². The number of nitrogens with two attached hydrogens (primary N) is 1. The van der Waals surface area contributed by atoms with E-state index >= 15 is 0 Å². The van der Waals surface area contributed by atoms with Crippen LogP contribution in [0.4, 0.5) is 0 Å². The molecule has 0 aromatic heterocycles. The van der Waals surface area contributed by atoms with Crippen molar-refractivity contribution < 1.29 is 0 Å². The molecule has 0 rings (SSSR count). The molecule has 0 amide bonds. The highest BCUT2D eigenvalue weighted by atomic mass is 14.6. The van der Waals surface area contributed by atoms with Crippen molar-refractivity contribution in [2.75, 3.05) is 0 Å². The van der Waals surface area contributed by atoms with Crippen LogP contribution in [0.5, 0.6) is 0 Å². The van der Waals surface area contributed by atoms with Gasteiger partial charge in [-0.1, -0.05) is 19.8 Å². The van der Waals surface area contributed by atoms with Crippen LogP contribution in [-0.2, 0) is 0 Å². The maximum atomic E-state index is 5.69. The van der Waals surface area contributed by atoms with Crippen LogP contribution in [0.2, 0.25) is 0 Å². The van der Waals surface area contributed by atoms with Crippen molar-refractivity contribution in [3.63, 3.8) is 0 Å². The summed E-state index contributed by atoms with van der Waals surface area (Å²) in [4.78, 5) is 0. The second kappa shape index (κ2) is 3.90. The minimum atomic E-state index is 0.333. The highest BCUT2D eigenvalue weighted by molar-refractivity contribution is 4.89. The van der Waals surface area contributed by atoms with E-state index in [1.165, 1.54) is 12.3 Å². The number of rotatable bonds is 3. The lowest BCUT2D eigenvalue weighted by molar-refractivity contribution is 0.617. The first-order valence-corrected chi connectivity index (χ1v) is 3.24. The van der Waals surface area contributed by atoms with Gasteiger partial charge in [0, 0.05) is 0 Å². The van der Waals surface area contributed by atoms with Gasteiger partial charge in [-0.25, -0.2) is 0 Å². The second-order valence-corrected chi connectivity index (χ2v) is 2.47. The molecule has 0 aromatic rings. The van der Waals surface area contributed by atoms with Crippen LogP contribution < -0.4 is 5.73 Å². The topological polar surface area (TPSA) is 26.0 Å². The summed E-state index contributed by atoms with van der Waals surface area (Å²) in [5.41, 5.74) is 5.69. The van der Waals surface area contributed by atoms with E-state index in [9.17, 15) is 0 Å². The van der Waals surface area contributed by atoms with E-state index in [-0.39, 0.29) is 0 Å². The quantitative estimate of drug-likeness (QED) is 0.555. The van der Waals surface area contributed by atoms with Crippen molar-refractivity contribution >= 4 is 0 Å². The van der Waals surface area contributed by atoms with Gasteiger partial charge in [-0.3, -0.25) is 0 Å². The average Bonchev–Trinajstić information content (AvgIpc) is 1.67.